The lowest BCUT2D eigenvalue weighted by molar-refractivity contribution is -0.149. The van der Waals surface area contributed by atoms with Gasteiger partial charge in [-0.3, -0.25) is 4.79 Å². The van der Waals surface area contributed by atoms with Gasteiger partial charge in [0, 0.05) is 19.1 Å². The molecule has 2 saturated carbocycles. The predicted octanol–water partition coefficient (Wildman–Crippen LogP) is 3.23. The molecule has 8 nitrogen and oxygen atoms in total. The molecule has 0 radical (unpaired) electrons. The number of carbonyl (C=O) groups excluding carboxylic acids is 1. The lowest BCUT2D eigenvalue weighted by Crippen LogP contribution is -2.49. The van der Waals surface area contributed by atoms with E-state index in [1.165, 1.54) is 32.1 Å². The van der Waals surface area contributed by atoms with Gasteiger partial charge in [0.1, 0.15) is 12.4 Å². The average molecular weight is 532 g/mol. The number of aryl methyl sites for hydroxylation is 1. The van der Waals surface area contributed by atoms with Crippen LogP contribution in [0.1, 0.15) is 76.4 Å². The van der Waals surface area contributed by atoms with Crippen molar-refractivity contribution in [3.63, 3.8) is 0 Å². The Labute approximate surface area is 197 Å². The van der Waals surface area contributed by atoms with Crippen LogP contribution in [0.2, 0.25) is 0 Å². The Hall–Kier alpha value is -1.39. The van der Waals surface area contributed by atoms with Gasteiger partial charge in [0.15, 0.2) is 11.8 Å². The molecule has 0 aliphatic heterocycles. The summed E-state index contributed by atoms with van der Waals surface area (Å²) in [7, 11) is 1.97. The first kappa shape index (κ1) is 24.9. The maximum atomic E-state index is 12.0. The van der Waals surface area contributed by atoms with Gasteiger partial charge in [-0.1, -0.05) is 19.3 Å². The highest BCUT2D eigenvalue weighted by Gasteiger charge is 2.28. The summed E-state index contributed by atoms with van der Waals surface area (Å²) < 4.78 is 7.17. The Balaban J connectivity index is 0.00000320. The van der Waals surface area contributed by atoms with Crippen LogP contribution in [-0.4, -0.2) is 45.4 Å². The molecule has 2 fully saturated rings. The monoisotopic (exact) mass is 532 g/mol. The van der Waals surface area contributed by atoms with Crippen molar-refractivity contribution < 1.29 is 9.53 Å². The molecule has 9 heteroatoms. The zero-order chi connectivity index (χ0) is 20.6. The largest absolute Gasteiger partial charge is 0.466 e. The van der Waals surface area contributed by atoms with Gasteiger partial charge in [0.05, 0.1) is 12.5 Å². The number of hydrogen-bond donors (Lipinski definition) is 2. The molecule has 2 aliphatic rings. The first-order valence-corrected chi connectivity index (χ1v) is 11.2. The average Bonchev–Trinajstić information content (AvgIpc) is 3.05. The molecule has 0 bridgehead atoms. The molecule has 0 saturated heterocycles. The number of nitrogens with zero attached hydrogens (tertiary/aromatic N) is 4. The van der Waals surface area contributed by atoms with E-state index < -0.39 is 0 Å². The molecule has 2 aliphatic carbocycles. The zero-order valence-electron chi connectivity index (χ0n) is 18.5. The van der Waals surface area contributed by atoms with Crippen molar-refractivity contribution in [1.82, 2.24) is 25.4 Å². The molecule has 0 aromatic carbocycles. The van der Waals surface area contributed by atoms with Crippen LogP contribution >= 0.6 is 24.0 Å². The standard InChI is InChI=1S/C21H36N6O2.HI/c1-4-29-20(28)16-10-12-18(13-11-16)24-21(23-17-8-6-5-7-9-17)22-14-19-26-25-15(2)27(19)3;/h16-18H,4-14H2,1-3H3,(H2,22,23,24);1H. The van der Waals surface area contributed by atoms with Gasteiger partial charge in [-0.15, -0.1) is 34.2 Å². The number of guanidine groups is 1. The van der Waals surface area contributed by atoms with Gasteiger partial charge in [0.2, 0.25) is 0 Å². The smallest absolute Gasteiger partial charge is 0.308 e. The van der Waals surface area contributed by atoms with Crippen molar-refractivity contribution in [2.24, 2.45) is 18.0 Å². The third-order valence-electron chi connectivity index (χ3n) is 6.20. The number of carbonyl (C=O) groups is 1. The minimum Gasteiger partial charge on any atom is -0.466 e. The second kappa shape index (κ2) is 12.5. The van der Waals surface area contributed by atoms with Gasteiger partial charge >= 0.3 is 5.97 Å². The van der Waals surface area contributed by atoms with Crippen LogP contribution in [0.25, 0.3) is 0 Å². The Morgan fingerprint density at radius 1 is 1.07 bits per heavy atom. The topological polar surface area (TPSA) is 93.4 Å². The van der Waals surface area contributed by atoms with Crippen LogP contribution in [0.3, 0.4) is 0 Å². The van der Waals surface area contributed by atoms with Crippen LogP contribution in [0, 0.1) is 12.8 Å². The Bertz CT molecular complexity index is 694. The highest BCUT2D eigenvalue weighted by molar-refractivity contribution is 14.0. The fourth-order valence-electron chi connectivity index (χ4n) is 4.24. The second-order valence-corrected chi connectivity index (χ2v) is 8.31. The number of aliphatic imine (C=N–C) groups is 1. The maximum Gasteiger partial charge on any atom is 0.308 e. The number of aromatic nitrogens is 3. The van der Waals surface area contributed by atoms with Crippen LogP contribution in [0.15, 0.2) is 4.99 Å². The van der Waals surface area contributed by atoms with Gasteiger partial charge in [-0.25, -0.2) is 4.99 Å². The van der Waals surface area contributed by atoms with Crippen molar-refractivity contribution in [2.75, 3.05) is 6.61 Å². The lowest BCUT2D eigenvalue weighted by atomic mass is 9.86. The van der Waals surface area contributed by atoms with E-state index in [2.05, 4.69) is 20.8 Å². The second-order valence-electron chi connectivity index (χ2n) is 8.31. The molecule has 0 atom stereocenters. The number of esters is 1. The fraction of sp³-hybridized carbons (Fsp3) is 0.810. The van der Waals surface area contributed by atoms with Crippen molar-refractivity contribution in [3.05, 3.63) is 11.6 Å². The van der Waals surface area contributed by atoms with Crippen molar-refractivity contribution in [2.45, 2.75) is 90.3 Å². The molecule has 1 aromatic heterocycles. The summed E-state index contributed by atoms with van der Waals surface area (Å²) in [5.74, 6) is 2.61. The molecule has 1 heterocycles. The highest BCUT2D eigenvalue weighted by Crippen LogP contribution is 2.25. The normalized spacial score (nSPS) is 22.8. The van der Waals surface area contributed by atoms with Crippen molar-refractivity contribution >= 4 is 35.9 Å². The summed E-state index contributed by atoms with van der Waals surface area (Å²) in [6.45, 7) is 4.77. The number of halogens is 1. The van der Waals surface area contributed by atoms with E-state index in [0.717, 1.165) is 43.3 Å². The molecular weight excluding hydrogens is 495 g/mol. The molecule has 3 rings (SSSR count). The number of rotatable bonds is 6. The predicted molar refractivity (Wildman–Crippen MR) is 128 cm³/mol. The van der Waals surface area contributed by atoms with Crippen LogP contribution in [-0.2, 0) is 23.1 Å². The Morgan fingerprint density at radius 3 is 2.27 bits per heavy atom. The molecule has 0 unspecified atom stereocenters. The van der Waals surface area contributed by atoms with Crippen LogP contribution < -0.4 is 10.6 Å². The summed E-state index contributed by atoms with van der Waals surface area (Å²) in [5.41, 5.74) is 0. The maximum absolute atomic E-state index is 12.0. The minimum absolute atomic E-state index is 0. The highest BCUT2D eigenvalue weighted by atomic mass is 127. The number of nitrogens with one attached hydrogen (secondary N) is 2. The first-order valence-electron chi connectivity index (χ1n) is 11.2. The van der Waals surface area contributed by atoms with E-state index >= 15 is 0 Å². The summed E-state index contributed by atoms with van der Waals surface area (Å²) in [6.07, 6.45) is 9.92. The van der Waals surface area contributed by atoms with Gasteiger partial charge < -0.3 is 19.9 Å². The summed E-state index contributed by atoms with van der Waals surface area (Å²) in [6, 6.07) is 0.809. The van der Waals surface area contributed by atoms with E-state index in [0.29, 0.717) is 25.2 Å². The van der Waals surface area contributed by atoms with E-state index in [1.54, 1.807) is 0 Å². The molecule has 1 aromatic rings. The number of hydrogen-bond acceptors (Lipinski definition) is 5. The van der Waals surface area contributed by atoms with Gasteiger partial charge in [0.25, 0.3) is 0 Å². The summed E-state index contributed by atoms with van der Waals surface area (Å²) in [5, 5.41) is 15.6. The Kier molecular flexibility index (Phi) is 10.3. The van der Waals surface area contributed by atoms with E-state index in [-0.39, 0.29) is 35.9 Å². The first-order chi connectivity index (χ1) is 14.1. The van der Waals surface area contributed by atoms with Gasteiger partial charge in [-0.05, 0) is 52.4 Å². The molecule has 0 spiro atoms. The molecule has 170 valence electrons. The van der Waals surface area contributed by atoms with Crippen LogP contribution in [0.5, 0.6) is 0 Å². The summed E-state index contributed by atoms with van der Waals surface area (Å²) in [4.78, 5) is 16.8. The molecule has 2 N–H and O–H groups in total. The van der Waals surface area contributed by atoms with Crippen molar-refractivity contribution in [1.29, 1.82) is 0 Å². The lowest BCUT2D eigenvalue weighted by Gasteiger charge is -2.31. The molecule has 30 heavy (non-hydrogen) atoms. The number of ether oxygens (including phenoxy) is 1. The van der Waals surface area contributed by atoms with E-state index in [4.69, 9.17) is 9.73 Å². The minimum atomic E-state index is -0.0437. The third kappa shape index (κ3) is 7.09. The fourth-order valence-corrected chi connectivity index (χ4v) is 4.24. The van der Waals surface area contributed by atoms with Crippen molar-refractivity contribution in [3.8, 4) is 0 Å². The SMILES string of the molecule is CCOC(=O)C1CCC(NC(=NCc2nnc(C)n2C)NC2CCCCC2)CC1.I. The Morgan fingerprint density at radius 2 is 1.70 bits per heavy atom. The van der Waals surface area contributed by atoms with Crippen LogP contribution in [0.4, 0.5) is 0 Å². The van der Waals surface area contributed by atoms with Gasteiger partial charge in [-0.2, -0.15) is 0 Å². The quantitative estimate of drug-likeness (QED) is 0.253. The molecule has 0 amide bonds. The summed E-state index contributed by atoms with van der Waals surface area (Å²) >= 11 is 0. The third-order valence-corrected chi connectivity index (χ3v) is 6.20. The van der Waals surface area contributed by atoms with E-state index in [1.807, 2.05) is 25.5 Å². The zero-order valence-corrected chi connectivity index (χ0v) is 20.9. The molecular formula is C21H37IN6O2. The van der Waals surface area contributed by atoms with E-state index in [9.17, 15) is 4.79 Å².